The van der Waals surface area contributed by atoms with Crippen LogP contribution in [0.15, 0.2) is 24.4 Å². The Morgan fingerprint density at radius 1 is 1.50 bits per heavy atom. The summed E-state index contributed by atoms with van der Waals surface area (Å²) >= 11 is 0. The number of carbonyl (C=O) groups excluding carboxylic acids is 1. The molecule has 6 heteroatoms. The summed E-state index contributed by atoms with van der Waals surface area (Å²) in [5.74, 6) is -0.0383. The van der Waals surface area contributed by atoms with Crippen molar-refractivity contribution in [3.05, 3.63) is 40.1 Å². The van der Waals surface area contributed by atoms with Gasteiger partial charge in [-0.1, -0.05) is 0 Å². The Morgan fingerprint density at radius 3 is 3.05 bits per heavy atom. The van der Waals surface area contributed by atoms with E-state index >= 15 is 0 Å². The number of nitrogens with one attached hydrogen (secondary N) is 1. The number of benzene rings is 1. The number of hydrogen-bond donors (Lipinski definition) is 1. The van der Waals surface area contributed by atoms with Gasteiger partial charge >= 0.3 is 0 Å². The Morgan fingerprint density at radius 2 is 2.35 bits per heavy atom. The molecular formula is C14H14N2O4. The quantitative estimate of drug-likeness (QED) is 0.527. The van der Waals surface area contributed by atoms with Gasteiger partial charge in [0.2, 0.25) is 0 Å². The maximum atomic E-state index is 12.3. The first-order chi connectivity index (χ1) is 9.65. The second-order valence-electron chi connectivity index (χ2n) is 4.95. The van der Waals surface area contributed by atoms with Gasteiger partial charge in [-0.2, -0.15) is 0 Å². The fourth-order valence-electron chi connectivity index (χ4n) is 2.57. The SMILES string of the molecule is O=C(CC1CCCO1)c1c[nH]c2ccc([N+](=O)[O-])cc12. The minimum absolute atomic E-state index is 0.0109. The summed E-state index contributed by atoms with van der Waals surface area (Å²) in [6.45, 7) is 0.706. The number of nitro groups is 1. The zero-order valence-electron chi connectivity index (χ0n) is 10.8. The van der Waals surface area contributed by atoms with Crippen molar-refractivity contribution < 1.29 is 14.5 Å². The summed E-state index contributed by atoms with van der Waals surface area (Å²) < 4.78 is 5.46. The highest BCUT2D eigenvalue weighted by atomic mass is 16.6. The molecule has 104 valence electrons. The third-order valence-corrected chi connectivity index (χ3v) is 3.61. The van der Waals surface area contributed by atoms with Crippen molar-refractivity contribution in [2.75, 3.05) is 6.61 Å². The summed E-state index contributed by atoms with van der Waals surface area (Å²) in [4.78, 5) is 25.6. The lowest BCUT2D eigenvalue weighted by molar-refractivity contribution is -0.384. The fourth-order valence-corrected chi connectivity index (χ4v) is 2.57. The summed E-state index contributed by atoms with van der Waals surface area (Å²) in [5, 5.41) is 11.4. The summed E-state index contributed by atoms with van der Waals surface area (Å²) in [6.07, 6.45) is 3.80. The van der Waals surface area contributed by atoms with E-state index in [1.54, 1.807) is 12.3 Å². The number of aromatic amines is 1. The van der Waals surface area contributed by atoms with E-state index < -0.39 is 4.92 Å². The minimum Gasteiger partial charge on any atom is -0.378 e. The zero-order valence-corrected chi connectivity index (χ0v) is 10.8. The van der Waals surface area contributed by atoms with Crippen LogP contribution in [0, 0.1) is 10.1 Å². The molecule has 0 radical (unpaired) electrons. The molecule has 1 aromatic carbocycles. The van der Waals surface area contributed by atoms with E-state index in [-0.39, 0.29) is 17.6 Å². The lowest BCUT2D eigenvalue weighted by Crippen LogP contribution is -2.12. The molecular weight excluding hydrogens is 260 g/mol. The second-order valence-corrected chi connectivity index (χ2v) is 4.95. The van der Waals surface area contributed by atoms with Crippen LogP contribution >= 0.6 is 0 Å². The van der Waals surface area contributed by atoms with Crippen molar-refractivity contribution >= 4 is 22.4 Å². The first kappa shape index (κ1) is 12.8. The molecule has 2 heterocycles. The monoisotopic (exact) mass is 274 g/mol. The normalized spacial score (nSPS) is 18.5. The number of fused-ring (bicyclic) bond motifs is 1. The van der Waals surface area contributed by atoms with Crippen molar-refractivity contribution in [1.29, 1.82) is 0 Å². The molecule has 1 N–H and O–H groups in total. The van der Waals surface area contributed by atoms with Crippen molar-refractivity contribution in [2.45, 2.75) is 25.4 Å². The molecule has 20 heavy (non-hydrogen) atoms. The molecule has 1 unspecified atom stereocenters. The van der Waals surface area contributed by atoms with Crippen LogP contribution in [0.4, 0.5) is 5.69 Å². The van der Waals surface area contributed by atoms with Gasteiger partial charge in [0.05, 0.1) is 11.0 Å². The van der Waals surface area contributed by atoms with Gasteiger partial charge in [0.15, 0.2) is 5.78 Å². The molecule has 2 aromatic rings. The summed E-state index contributed by atoms with van der Waals surface area (Å²) in [5.41, 5.74) is 1.22. The van der Waals surface area contributed by atoms with Crippen LogP contribution in [0.1, 0.15) is 29.6 Å². The van der Waals surface area contributed by atoms with Crippen LogP contribution < -0.4 is 0 Å². The first-order valence-electron chi connectivity index (χ1n) is 6.55. The van der Waals surface area contributed by atoms with E-state index in [9.17, 15) is 14.9 Å². The van der Waals surface area contributed by atoms with Crippen molar-refractivity contribution in [2.24, 2.45) is 0 Å². The predicted octanol–water partition coefficient (Wildman–Crippen LogP) is 2.83. The van der Waals surface area contributed by atoms with Crippen molar-refractivity contribution in [3.63, 3.8) is 0 Å². The largest absolute Gasteiger partial charge is 0.378 e. The number of nitrogens with zero attached hydrogens (tertiary/aromatic N) is 1. The molecule has 1 aromatic heterocycles. The molecule has 1 atom stereocenters. The number of hydrogen-bond acceptors (Lipinski definition) is 4. The molecule has 3 rings (SSSR count). The molecule has 0 saturated carbocycles. The van der Waals surface area contributed by atoms with Gasteiger partial charge in [0, 0.05) is 47.8 Å². The van der Waals surface area contributed by atoms with Gasteiger partial charge in [-0.3, -0.25) is 14.9 Å². The van der Waals surface area contributed by atoms with Crippen LogP contribution in [0.5, 0.6) is 0 Å². The predicted molar refractivity (Wildman–Crippen MR) is 72.9 cm³/mol. The number of aromatic nitrogens is 1. The Kier molecular flexibility index (Phi) is 3.23. The first-order valence-corrected chi connectivity index (χ1v) is 6.55. The molecule has 6 nitrogen and oxygen atoms in total. The highest BCUT2D eigenvalue weighted by Gasteiger charge is 2.22. The minimum atomic E-state index is -0.458. The van der Waals surface area contributed by atoms with Gasteiger partial charge in [0.25, 0.3) is 5.69 Å². The number of rotatable bonds is 4. The summed E-state index contributed by atoms with van der Waals surface area (Å²) in [7, 11) is 0. The lowest BCUT2D eigenvalue weighted by Gasteiger charge is -2.07. The van der Waals surface area contributed by atoms with Crippen LogP contribution in [0.2, 0.25) is 0 Å². The standard InChI is InChI=1S/C14H14N2O4/c17-14(7-10-2-1-5-20-10)12-8-15-13-4-3-9(16(18)19)6-11(12)13/h3-4,6,8,10,15H,1-2,5,7H2. The van der Waals surface area contributed by atoms with Crippen LogP contribution in [0.25, 0.3) is 10.9 Å². The van der Waals surface area contributed by atoms with Gasteiger partial charge < -0.3 is 9.72 Å². The van der Waals surface area contributed by atoms with E-state index in [1.165, 1.54) is 12.1 Å². The number of carbonyl (C=O) groups is 1. The smallest absolute Gasteiger partial charge is 0.270 e. The Labute approximate surface area is 114 Å². The van der Waals surface area contributed by atoms with Crippen molar-refractivity contribution in [3.8, 4) is 0 Å². The Hall–Kier alpha value is -2.21. The Balaban J connectivity index is 1.91. The number of ketones is 1. The van der Waals surface area contributed by atoms with Crippen LogP contribution in [-0.2, 0) is 4.74 Å². The third-order valence-electron chi connectivity index (χ3n) is 3.61. The number of non-ortho nitro benzene ring substituents is 1. The highest BCUT2D eigenvalue weighted by Crippen LogP contribution is 2.26. The van der Waals surface area contributed by atoms with E-state index in [2.05, 4.69) is 4.98 Å². The fraction of sp³-hybridized carbons (Fsp3) is 0.357. The van der Waals surface area contributed by atoms with Crippen LogP contribution in [-0.4, -0.2) is 28.4 Å². The van der Waals surface area contributed by atoms with Gasteiger partial charge in [-0.25, -0.2) is 0 Å². The van der Waals surface area contributed by atoms with E-state index in [0.29, 0.717) is 24.0 Å². The summed E-state index contributed by atoms with van der Waals surface area (Å²) in [6, 6.07) is 4.48. The van der Waals surface area contributed by atoms with Crippen LogP contribution in [0.3, 0.4) is 0 Å². The van der Waals surface area contributed by atoms with Gasteiger partial charge in [-0.15, -0.1) is 0 Å². The average molecular weight is 274 g/mol. The number of Topliss-reactive ketones (excluding diaryl/α,β-unsaturated/α-hetero) is 1. The number of ether oxygens (including phenoxy) is 1. The lowest BCUT2D eigenvalue weighted by atomic mass is 10.0. The number of H-pyrrole nitrogens is 1. The second kappa shape index (κ2) is 5.05. The molecule has 0 aliphatic carbocycles. The van der Waals surface area contributed by atoms with E-state index in [0.717, 1.165) is 18.4 Å². The van der Waals surface area contributed by atoms with Gasteiger partial charge in [-0.05, 0) is 18.9 Å². The average Bonchev–Trinajstić information content (AvgIpc) is 3.06. The molecule has 1 aliphatic rings. The molecule has 0 spiro atoms. The topological polar surface area (TPSA) is 85.2 Å². The molecule has 0 bridgehead atoms. The molecule has 0 amide bonds. The van der Waals surface area contributed by atoms with Crippen molar-refractivity contribution in [1.82, 2.24) is 4.98 Å². The maximum absolute atomic E-state index is 12.3. The molecule has 1 saturated heterocycles. The number of nitro benzene ring substituents is 1. The Bertz CT molecular complexity index is 671. The molecule has 1 fully saturated rings. The van der Waals surface area contributed by atoms with E-state index in [1.807, 2.05) is 0 Å². The highest BCUT2D eigenvalue weighted by molar-refractivity contribution is 6.08. The van der Waals surface area contributed by atoms with Gasteiger partial charge in [0.1, 0.15) is 0 Å². The van der Waals surface area contributed by atoms with E-state index in [4.69, 9.17) is 4.74 Å². The molecule has 1 aliphatic heterocycles. The third kappa shape index (κ3) is 2.30. The zero-order chi connectivity index (χ0) is 14.1. The maximum Gasteiger partial charge on any atom is 0.270 e.